The number of nitrogens with zero attached hydrogens (tertiary/aromatic N) is 5. The first-order valence-electron chi connectivity index (χ1n) is 10.1. The molecule has 5 heterocycles. The fourth-order valence-corrected chi connectivity index (χ4v) is 5.92. The van der Waals surface area contributed by atoms with Crippen LogP contribution in [0.1, 0.15) is 41.6 Å². The van der Waals surface area contributed by atoms with Gasteiger partial charge in [-0.1, -0.05) is 6.08 Å². The zero-order chi connectivity index (χ0) is 19.4. The van der Waals surface area contributed by atoms with Crippen molar-refractivity contribution in [2.24, 2.45) is 11.1 Å². The Morgan fingerprint density at radius 3 is 2.97 bits per heavy atom. The smallest absolute Gasteiger partial charge is 0.202 e. The summed E-state index contributed by atoms with van der Waals surface area (Å²) in [6.45, 7) is 3.24. The number of anilines is 1. The van der Waals surface area contributed by atoms with Gasteiger partial charge in [-0.15, -0.1) is 11.3 Å². The van der Waals surface area contributed by atoms with Crippen molar-refractivity contribution in [1.82, 2.24) is 25.1 Å². The largest absolute Gasteiger partial charge is 0.377 e. The number of fused-ring (bicyclic) bond motifs is 2. The molecule has 1 saturated heterocycles. The second kappa shape index (κ2) is 6.58. The van der Waals surface area contributed by atoms with Gasteiger partial charge < -0.3 is 15.4 Å². The molecule has 1 atom stereocenters. The Labute approximate surface area is 172 Å². The third kappa shape index (κ3) is 2.72. The summed E-state index contributed by atoms with van der Waals surface area (Å²) in [5, 5.41) is 7.55. The molecule has 1 spiro atoms. The Morgan fingerprint density at radius 1 is 1.28 bits per heavy atom. The second-order valence-corrected chi connectivity index (χ2v) is 9.11. The van der Waals surface area contributed by atoms with E-state index in [9.17, 15) is 0 Å². The third-order valence-corrected chi connectivity index (χ3v) is 7.71. The zero-order valence-corrected chi connectivity index (χ0v) is 16.9. The highest BCUT2D eigenvalue weighted by Gasteiger charge is 2.47. The summed E-state index contributed by atoms with van der Waals surface area (Å²) in [6.07, 6.45) is 7.95. The van der Waals surface area contributed by atoms with Crippen molar-refractivity contribution in [3.05, 3.63) is 34.0 Å². The minimum atomic E-state index is 0.113. The van der Waals surface area contributed by atoms with Gasteiger partial charge in [-0.05, 0) is 36.7 Å². The van der Waals surface area contributed by atoms with Crippen LogP contribution in [0.25, 0.3) is 16.7 Å². The summed E-state index contributed by atoms with van der Waals surface area (Å²) in [5.41, 5.74) is 13.6. The van der Waals surface area contributed by atoms with Gasteiger partial charge in [-0.25, -0.2) is 15.0 Å². The van der Waals surface area contributed by atoms with Gasteiger partial charge in [0.2, 0.25) is 5.65 Å². The van der Waals surface area contributed by atoms with Crippen molar-refractivity contribution in [3.8, 4) is 0 Å². The average molecular weight is 410 g/mol. The highest BCUT2D eigenvalue weighted by atomic mass is 32.1. The Balaban J connectivity index is 1.22. The molecular weight excluding hydrogens is 386 g/mol. The molecule has 0 amide bonds. The molecule has 0 radical (unpaired) electrons. The molecule has 3 aromatic rings. The van der Waals surface area contributed by atoms with Crippen LogP contribution < -0.4 is 10.6 Å². The number of hydrogen-bond acceptors (Lipinski definition) is 8. The van der Waals surface area contributed by atoms with Crippen molar-refractivity contribution in [3.63, 3.8) is 0 Å². The van der Waals surface area contributed by atoms with E-state index in [2.05, 4.69) is 26.2 Å². The number of aromatic nitrogens is 5. The van der Waals surface area contributed by atoms with E-state index >= 15 is 0 Å². The number of rotatable bonds is 2. The normalized spacial score (nSPS) is 23.6. The van der Waals surface area contributed by atoms with Gasteiger partial charge in [0.05, 0.1) is 36.3 Å². The zero-order valence-electron chi connectivity index (χ0n) is 16.1. The van der Waals surface area contributed by atoms with Gasteiger partial charge in [0.25, 0.3) is 0 Å². The number of hydrogen-bond donors (Lipinski definition) is 2. The quantitative estimate of drug-likeness (QED) is 0.670. The highest BCUT2D eigenvalue weighted by Crippen LogP contribution is 2.51. The minimum Gasteiger partial charge on any atom is -0.377 e. The van der Waals surface area contributed by atoms with E-state index in [4.69, 9.17) is 20.4 Å². The van der Waals surface area contributed by atoms with Crippen molar-refractivity contribution in [2.45, 2.75) is 31.7 Å². The summed E-state index contributed by atoms with van der Waals surface area (Å²) in [4.78, 5) is 17.6. The maximum Gasteiger partial charge on any atom is 0.202 e. The van der Waals surface area contributed by atoms with Gasteiger partial charge in [0.1, 0.15) is 11.3 Å². The average Bonchev–Trinajstić information content (AvgIpc) is 3.45. The van der Waals surface area contributed by atoms with Crippen molar-refractivity contribution >= 4 is 33.9 Å². The number of H-pyrrole nitrogens is 1. The topological polar surface area (TPSA) is 106 Å². The molecular formula is C20H23N7OS. The lowest BCUT2D eigenvalue weighted by Crippen LogP contribution is -2.44. The van der Waals surface area contributed by atoms with Crippen LogP contribution in [0.2, 0.25) is 0 Å². The predicted octanol–water partition coefficient (Wildman–Crippen LogP) is 2.46. The van der Waals surface area contributed by atoms with Crippen LogP contribution in [-0.2, 0) is 11.2 Å². The van der Waals surface area contributed by atoms with Crippen LogP contribution in [0.5, 0.6) is 0 Å². The molecule has 0 bridgehead atoms. The number of nitrogens with one attached hydrogen (secondary N) is 1. The lowest BCUT2D eigenvalue weighted by Gasteiger charge is -2.42. The van der Waals surface area contributed by atoms with E-state index < -0.39 is 0 Å². The molecule has 6 rings (SSSR count). The maximum atomic E-state index is 6.63. The molecule has 3 aliphatic rings. The van der Waals surface area contributed by atoms with E-state index in [1.165, 1.54) is 16.1 Å². The van der Waals surface area contributed by atoms with Crippen LogP contribution >= 0.6 is 11.3 Å². The summed E-state index contributed by atoms with van der Waals surface area (Å²) >= 11 is 1.70. The molecule has 29 heavy (non-hydrogen) atoms. The molecule has 0 saturated carbocycles. The molecule has 2 aliphatic heterocycles. The first-order valence-corrected chi connectivity index (χ1v) is 11.0. The predicted molar refractivity (Wildman–Crippen MR) is 112 cm³/mol. The SMILES string of the molecule is N[C@@H]1c2scnc2CC12CCN(c1cnc3c(C4=CCOCC4)[nH]nc3n1)CC2. The molecule has 1 aliphatic carbocycles. The standard InChI is InChI=1S/C20H23N7OS/c21-18-17-13(23-11-29-17)9-20(18)3-5-27(6-4-20)14-10-22-16-15(25-26-19(16)24-14)12-1-7-28-8-2-12/h1,10-11,18H,2-9,21H2,(H,24,25,26)/t18-/m1/s1. The summed E-state index contributed by atoms with van der Waals surface area (Å²) in [7, 11) is 0. The van der Waals surface area contributed by atoms with Crippen molar-refractivity contribution in [2.75, 3.05) is 31.2 Å². The number of piperidine rings is 1. The van der Waals surface area contributed by atoms with Gasteiger partial charge in [0.15, 0.2) is 0 Å². The van der Waals surface area contributed by atoms with Crippen molar-refractivity contribution < 1.29 is 4.74 Å². The lowest BCUT2D eigenvalue weighted by atomic mass is 9.74. The highest BCUT2D eigenvalue weighted by molar-refractivity contribution is 7.09. The van der Waals surface area contributed by atoms with E-state index in [1.807, 2.05) is 11.7 Å². The van der Waals surface area contributed by atoms with Gasteiger partial charge in [0, 0.05) is 24.0 Å². The molecule has 3 aromatic heterocycles. The van der Waals surface area contributed by atoms with E-state index in [1.54, 1.807) is 11.3 Å². The van der Waals surface area contributed by atoms with Crippen LogP contribution in [-0.4, -0.2) is 51.5 Å². The molecule has 9 heteroatoms. The molecule has 0 unspecified atom stereocenters. The van der Waals surface area contributed by atoms with E-state index in [0.29, 0.717) is 12.3 Å². The first-order chi connectivity index (χ1) is 14.2. The van der Waals surface area contributed by atoms with Crippen molar-refractivity contribution in [1.29, 1.82) is 0 Å². The molecule has 3 N–H and O–H groups in total. The third-order valence-electron chi connectivity index (χ3n) is 6.75. The molecule has 1 fully saturated rings. The monoisotopic (exact) mass is 409 g/mol. The lowest BCUT2D eigenvalue weighted by molar-refractivity contribution is 0.161. The Kier molecular flexibility index (Phi) is 3.97. The van der Waals surface area contributed by atoms with Crippen LogP contribution in [0.3, 0.4) is 0 Å². The summed E-state index contributed by atoms with van der Waals surface area (Å²) < 4.78 is 5.41. The van der Waals surface area contributed by atoms with E-state index in [-0.39, 0.29) is 11.5 Å². The van der Waals surface area contributed by atoms with Gasteiger partial charge in [-0.2, -0.15) is 5.10 Å². The molecule has 150 valence electrons. The fourth-order valence-electron chi connectivity index (χ4n) is 4.97. The molecule has 0 aromatic carbocycles. The van der Waals surface area contributed by atoms with Gasteiger partial charge >= 0.3 is 0 Å². The number of nitrogens with two attached hydrogens (primary N) is 1. The second-order valence-electron chi connectivity index (χ2n) is 8.22. The Morgan fingerprint density at radius 2 is 2.17 bits per heavy atom. The summed E-state index contributed by atoms with van der Waals surface area (Å²) in [5.74, 6) is 0.894. The maximum absolute atomic E-state index is 6.63. The van der Waals surface area contributed by atoms with Crippen LogP contribution in [0, 0.1) is 5.41 Å². The van der Waals surface area contributed by atoms with E-state index in [0.717, 1.165) is 62.4 Å². The Bertz CT molecular complexity index is 1100. The van der Waals surface area contributed by atoms with Gasteiger partial charge in [-0.3, -0.25) is 5.10 Å². The van der Waals surface area contributed by atoms with Crippen LogP contribution in [0.4, 0.5) is 5.82 Å². The Hall–Kier alpha value is -2.36. The van der Waals surface area contributed by atoms with Crippen LogP contribution in [0.15, 0.2) is 17.8 Å². The first kappa shape index (κ1) is 17.5. The fraction of sp³-hybridized carbons (Fsp3) is 0.500. The summed E-state index contributed by atoms with van der Waals surface area (Å²) in [6, 6.07) is 0.113. The minimum absolute atomic E-state index is 0.113. The number of thiazole rings is 1. The number of ether oxygens (including phenoxy) is 1. The number of aromatic amines is 1. The molecule has 8 nitrogen and oxygen atoms in total.